The number of aliphatic hydroxyl groups is 2. The zero-order chi connectivity index (χ0) is 23.1. The van der Waals surface area contributed by atoms with Crippen LogP contribution >= 0.6 is 0 Å². The van der Waals surface area contributed by atoms with Gasteiger partial charge in [-0.3, -0.25) is 10.1 Å². The lowest BCUT2D eigenvalue weighted by molar-refractivity contribution is -0.127. The molecule has 2 aromatic heterocycles. The van der Waals surface area contributed by atoms with Gasteiger partial charge in [0, 0.05) is 42.0 Å². The lowest BCUT2D eigenvalue weighted by Gasteiger charge is -2.55. The second-order valence-electron chi connectivity index (χ2n) is 10.1. The fourth-order valence-electron chi connectivity index (χ4n) is 5.00. The van der Waals surface area contributed by atoms with Gasteiger partial charge in [-0.2, -0.15) is 5.10 Å². The number of hydrogen-bond donors (Lipinski definition) is 3. The number of pyridine rings is 1. The van der Waals surface area contributed by atoms with Crippen LogP contribution in [-0.2, 0) is 17.6 Å². The summed E-state index contributed by atoms with van der Waals surface area (Å²) in [5.41, 5.74) is 2.47. The molecule has 1 aromatic carbocycles. The fourth-order valence-corrected chi connectivity index (χ4v) is 5.00. The molecule has 170 valence electrons. The molecule has 1 fully saturated rings. The summed E-state index contributed by atoms with van der Waals surface area (Å²) in [6, 6.07) is 12.2. The summed E-state index contributed by atoms with van der Waals surface area (Å²) >= 11 is 0. The number of benzene rings is 1. The zero-order valence-corrected chi connectivity index (χ0v) is 19.7. The SMILES string of the molecule is CCCc1ccc([C@](O)(c2cncc(-c3cc(C(C)(C)O)[nH]n3)c2)C2(C)CN(C)C2)cc1. The van der Waals surface area contributed by atoms with Crippen molar-refractivity contribution in [2.45, 2.75) is 51.7 Å². The minimum atomic E-state index is -1.19. The van der Waals surface area contributed by atoms with E-state index in [4.69, 9.17) is 0 Å². The summed E-state index contributed by atoms with van der Waals surface area (Å²) in [6.07, 6.45) is 5.62. The Morgan fingerprint density at radius 3 is 2.31 bits per heavy atom. The van der Waals surface area contributed by atoms with E-state index < -0.39 is 11.2 Å². The Balaban J connectivity index is 1.79. The van der Waals surface area contributed by atoms with E-state index in [1.807, 2.05) is 12.1 Å². The molecule has 0 amide bonds. The minimum absolute atomic E-state index is 0.349. The van der Waals surface area contributed by atoms with Crippen molar-refractivity contribution in [1.29, 1.82) is 0 Å². The number of aromatic amines is 1. The van der Waals surface area contributed by atoms with Crippen LogP contribution in [0.25, 0.3) is 11.3 Å². The van der Waals surface area contributed by atoms with Gasteiger partial charge in [0.15, 0.2) is 0 Å². The van der Waals surface area contributed by atoms with Gasteiger partial charge in [-0.15, -0.1) is 0 Å². The van der Waals surface area contributed by atoms with Crippen LogP contribution in [0.2, 0.25) is 0 Å². The standard InChI is InChI=1S/C26H34N4O2/c1-6-7-18-8-10-20(11-9-18)26(32,25(4)16-30(5)17-25)21-12-19(14-27-15-21)22-13-23(29-28-22)24(2,3)31/h8-15,31-32H,6-7,16-17H2,1-5H3,(H,28,29)/t26-/m0/s1. The molecule has 0 spiro atoms. The highest BCUT2D eigenvalue weighted by molar-refractivity contribution is 5.60. The maximum atomic E-state index is 12.3. The Hall–Kier alpha value is -2.54. The molecule has 0 bridgehead atoms. The molecule has 0 aliphatic carbocycles. The van der Waals surface area contributed by atoms with E-state index in [0.29, 0.717) is 11.4 Å². The number of likely N-dealkylation sites (tertiary alicyclic amines) is 1. The highest BCUT2D eigenvalue weighted by Gasteiger charge is 2.55. The molecular weight excluding hydrogens is 400 g/mol. The second-order valence-corrected chi connectivity index (χ2v) is 10.1. The van der Waals surface area contributed by atoms with E-state index in [1.165, 1.54) is 5.56 Å². The van der Waals surface area contributed by atoms with E-state index in [0.717, 1.165) is 42.6 Å². The topological polar surface area (TPSA) is 85.3 Å². The molecule has 0 radical (unpaired) electrons. The van der Waals surface area contributed by atoms with Crippen LogP contribution in [0.15, 0.2) is 48.8 Å². The van der Waals surface area contributed by atoms with Crippen molar-refractivity contribution < 1.29 is 10.2 Å². The first kappa shape index (κ1) is 22.6. The number of nitrogens with zero attached hydrogens (tertiary/aromatic N) is 3. The molecular formula is C26H34N4O2. The van der Waals surface area contributed by atoms with Gasteiger partial charge in [0.2, 0.25) is 0 Å². The smallest absolute Gasteiger partial charge is 0.124 e. The summed E-state index contributed by atoms with van der Waals surface area (Å²) in [4.78, 5) is 6.69. The lowest BCUT2D eigenvalue weighted by Crippen LogP contribution is -2.63. The van der Waals surface area contributed by atoms with Crippen LogP contribution in [-0.4, -0.2) is 50.4 Å². The molecule has 1 saturated heterocycles. The van der Waals surface area contributed by atoms with Crippen LogP contribution in [0.1, 0.15) is 56.5 Å². The first-order chi connectivity index (χ1) is 15.1. The maximum absolute atomic E-state index is 12.3. The number of rotatable bonds is 7. The Kier molecular flexibility index (Phi) is 5.74. The third-order valence-electron chi connectivity index (χ3n) is 6.71. The number of H-pyrrole nitrogens is 1. The van der Waals surface area contributed by atoms with Gasteiger partial charge in [0.25, 0.3) is 0 Å². The molecule has 6 nitrogen and oxygen atoms in total. The molecule has 3 aromatic rings. The van der Waals surface area contributed by atoms with Crippen LogP contribution < -0.4 is 0 Å². The lowest BCUT2D eigenvalue weighted by atomic mass is 9.62. The predicted molar refractivity (Wildman–Crippen MR) is 126 cm³/mol. The highest BCUT2D eigenvalue weighted by Crippen LogP contribution is 2.50. The van der Waals surface area contributed by atoms with Crippen molar-refractivity contribution in [1.82, 2.24) is 20.1 Å². The fraction of sp³-hybridized carbons (Fsp3) is 0.462. The Bertz CT molecular complexity index is 1080. The molecule has 0 unspecified atom stereocenters. The number of aromatic nitrogens is 3. The summed E-state index contributed by atoms with van der Waals surface area (Å²) in [5.74, 6) is 0. The Morgan fingerprint density at radius 2 is 1.75 bits per heavy atom. The van der Waals surface area contributed by atoms with Gasteiger partial charge >= 0.3 is 0 Å². The number of aryl methyl sites for hydroxylation is 1. The maximum Gasteiger partial charge on any atom is 0.124 e. The zero-order valence-electron chi connectivity index (χ0n) is 19.7. The highest BCUT2D eigenvalue weighted by atomic mass is 16.3. The summed E-state index contributed by atoms with van der Waals surface area (Å²) in [5, 5.41) is 29.9. The van der Waals surface area contributed by atoms with Crippen molar-refractivity contribution in [2.24, 2.45) is 5.41 Å². The van der Waals surface area contributed by atoms with Crippen molar-refractivity contribution in [3.8, 4) is 11.3 Å². The molecule has 32 heavy (non-hydrogen) atoms. The van der Waals surface area contributed by atoms with Crippen LogP contribution in [0.4, 0.5) is 0 Å². The summed E-state index contributed by atoms with van der Waals surface area (Å²) < 4.78 is 0. The van der Waals surface area contributed by atoms with E-state index in [1.54, 1.807) is 26.2 Å². The van der Waals surface area contributed by atoms with E-state index >= 15 is 0 Å². The van der Waals surface area contributed by atoms with Gasteiger partial charge in [-0.1, -0.05) is 44.5 Å². The largest absolute Gasteiger partial charge is 0.384 e. The predicted octanol–water partition coefficient (Wildman–Crippen LogP) is 3.84. The molecule has 1 atom stereocenters. The molecule has 1 aliphatic heterocycles. The van der Waals surface area contributed by atoms with Gasteiger partial charge in [0.1, 0.15) is 11.2 Å². The third-order valence-corrected chi connectivity index (χ3v) is 6.71. The van der Waals surface area contributed by atoms with Crippen molar-refractivity contribution in [3.05, 3.63) is 71.2 Å². The van der Waals surface area contributed by atoms with Gasteiger partial charge in [-0.25, -0.2) is 0 Å². The average molecular weight is 435 g/mol. The molecule has 3 N–H and O–H groups in total. The quantitative estimate of drug-likeness (QED) is 0.526. The molecule has 1 aliphatic rings. The van der Waals surface area contributed by atoms with Crippen molar-refractivity contribution >= 4 is 0 Å². The van der Waals surface area contributed by atoms with Crippen LogP contribution in [0.3, 0.4) is 0 Å². The monoisotopic (exact) mass is 434 g/mol. The average Bonchev–Trinajstić information content (AvgIpc) is 3.24. The normalized spacial score (nSPS) is 18.2. The van der Waals surface area contributed by atoms with Crippen molar-refractivity contribution in [3.63, 3.8) is 0 Å². The van der Waals surface area contributed by atoms with Gasteiger partial charge < -0.3 is 15.1 Å². The van der Waals surface area contributed by atoms with E-state index in [-0.39, 0.29) is 5.41 Å². The molecule has 3 heterocycles. The van der Waals surface area contributed by atoms with Crippen LogP contribution in [0, 0.1) is 5.41 Å². The van der Waals surface area contributed by atoms with Crippen LogP contribution in [0.5, 0.6) is 0 Å². The molecule has 4 rings (SSSR count). The summed E-state index contributed by atoms with van der Waals surface area (Å²) in [7, 11) is 2.07. The number of nitrogens with one attached hydrogen (secondary N) is 1. The molecule has 6 heteroatoms. The van der Waals surface area contributed by atoms with Gasteiger partial charge in [-0.05, 0) is 50.6 Å². The summed E-state index contributed by atoms with van der Waals surface area (Å²) in [6.45, 7) is 9.32. The van der Waals surface area contributed by atoms with E-state index in [9.17, 15) is 10.2 Å². The first-order valence-electron chi connectivity index (χ1n) is 11.3. The molecule has 0 saturated carbocycles. The first-order valence-corrected chi connectivity index (χ1v) is 11.3. The third kappa shape index (κ3) is 3.87. The van der Waals surface area contributed by atoms with Gasteiger partial charge in [0.05, 0.1) is 11.4 Å². The Morgan fingerprint density at radius 1 is 1.06 bits per heavy atom. The van der Waals surface area contributed by atoms with Crippen molar-refractivity contribution in [2.75, 3.05) is 20.1 Å². The Labute approximate surface area is 190 Å². The number of hydrogen-bond acceptors (Lipinski definition) is 5. The van der Waals surface area contributed by atoms with E-state index in [2.05, 4.69) is 65.2 Å². The second kappa shape index (κ2) is 8.10. The minimum Gasteiger partial charge on any atom is -0.384 e.